The van der Waals surface area contributed by atoms with E-state index in [9.17, 15) is 0 Å². The highest BCUT2D eigenvalue weighted by atomic mass is 15.1. The van der Waals surface area contributed by atoms with Gasteiger partial charge in [-0.25, -0.2) is 4.98 Å². The van der Waals surface area contributed by atoms with Crippen LogP contribution in [0.1, 0.15) is 5.56 Å². The van der Waals surface area contributed by atoms with Crippen molar-refractivity contribution in [1.29, 1.82) is 0 Å². The van der Waals surface area contributed by atoms with Crippen molar-refractivity contribution in [3.8, 4) is 5.69 Å². The van der Waals surface area contributed by atoms with Crippen LogP contribution in [-0.4, -0.2) is 9.55 Å². The van der Waals surface area contributed by atoms with Gasteiger partial charge in [-0.15, -0.1) is 0 Å². The van der Waals surface area contributed by atoms with Gasteiger partial charge < -0.3 is 5.73 Å². The lowest BCUT2D eigenvalue weighted by Gasteiger charge is -2.08. The summed E-state index contributed by atoms with van der Waals surface area (Å²) >= 11 is 0. The standard InChI is InChI=1S/C14H13N3/c1-10-6-7-11(15)14(8-10)17-9-16-12-4-2-3-5-13(12)17/h2-9H,15H2,1H3. The first kappa shape index (κ1) is 9.90. The summed E-state index contributed by atoms with van der Waals surface area (Å²) in [6.45, 7) is 2.06. The Hall–Kier alpha value is -2.29. The fraction of sp³-hybridized carbons (Fsp3) is 0.0714. The first-order valence-electron chi connectivity index (χ1n) is 5.54. The van der Waals surface area contributed by atoms with Crippen LogP contribution in [-0.2, 0) is 0 Å². The van der Waals surface area contributed by atoms with Crippen LogP contribution in [0.25, 0.3) is 16.7 Å². The topological polar surface area (TPSA) is 43.8 Å². The Bertz CT molecular complexity index is 683. The van der Waals surface area contributed by atoms with Gasteiger partial charge in [0.2, 0.25) is 0 Å². The smallest absolute Gasteiger partial charge is 0.100 e. The summed E-state index contributed by atoms with van der Waals surface area (Å²) in [5, 5.41) is 0. The van der Waals surface area contributed by atoms with Gasteiger partial charge in [-0.1, -0.05) is 18.2 Å². The Kier molecular flexibility index (Phi) is 2.11. The van der Waals surface area contributed by atoms with Crippen LogP contribution < -0.4 is 5.73 Å². The molecule has 3 rings (SSSR count). The van der Waals surface area contributed by atoms with Gasteiger partial charge in [0, 0.05) is 0 Å². The van der Waals surface area contributed by atoms with Crippen molar-refractivity contribution in [3.05, 3.63) is 54.4 Å². The molecule has 2 aromatic carbocycles. The number of anilines is 1. The van der Waals surface area contributed by atoms with Gasteiger partial charge in [0.1, 0.15) is 6.33 Å². The van der Waals surface area contributed by atoms with Gasteiger partial charge in [0.05, 0.1) is 22.4 Å². The van der Waals surface area contributed by atoms with Crippen molar-refractivity contribution in [2.24, 2.45) is 0 Å². The molecule has 0 amide bonds. The Morgan fingerprint density at radius 1 is 1.12 bits per heavy atom. The number of benzene rings is 2. The number of imidazole rings is 1. The number of aryl methyl sites for hydroxylation is 1. The number of para-hydroxylation sites is 2. The molecule has 84 valence electrons. The molecule has 1 aromatic heterocycles. The molecule has 1 heterocycles. The van der Waals surface area contributed by atoms with E-state index in [1.54, 1.807) is 0 Å². The lowest BCUT2D eigenvalue weighted by Crippen LogP contribution is -1.98. The molecule has 0 spiro atoms. The number of hydrogen-bond acceptors (Lipinski definition) is 2. The first-order chi connectivity index (χ1) is 8.25. The molecule has 17 heavy (non-hydrogen) atoms. The van der Waals surface area contributed by atoms with E-state index in [1.807, 2.05) is 47.3 Å². The van der Waals surface area contributed by atoms with Crippen LogP contribution in [0.4, 0.5) is 5.69 Å². The van der Waals surface area contributed by atoms with Crippen LogP contribution in [0.5, 0.6) is 0 Å². The van der Waals surface area contributed by atoms with Gasteiger partial charge in [0.25, 0.3) is 0 Å². The van der Waals surface area contributed by atoms with Gasteiger partial charge >= 0.3 is 0 Å². The highest BCUT2D eigenvalue weighted by molar-refractivity contribution is 5.79. The van der Waals surface area contributed by atoms with Crippen molar-refractivity contribution in [3.63, 3.8) is 0 Å². The van der Waals surface area contributed by atoms with Crippen molar-refractivity contribution < 1.29 is 0 Å². The maximum absolute atomic E-state index is 6.02. The largest absolute Gasteiger partial charge is 0.397 e. The number of nitrogens with zero attached hydrogens (tertiary/aromatic N) is 2. The second-order valence-corrected chi connectivity index (χ2v) is 4.17. The van der Waals surface area contributed by atoms with Crippen LogP contribution >= 0.6 is 0 Å². The SMILES string of the molecule is Cc1ccc(N)c(-n2cnc3ccccc32)c1. The average molecular weight is 223 g/mol. The predicted molar refractivity (Wildman–Crippen MR) is 70.2 cm³/mol. The molecule has 0 unspecified atom stereocenters. The van der Waals surface area contributed by atoms with E-state index in [0.29, 0.717) is 0 Å². The number of rotatable bonds is 1. The highest BCUT2D eigenvalue weighted by Crippen LogP contribution is 2.23. The number of hydrogen-bond donors (Lipinski definition) is 1. The maximum Gasteiger partial charge on any atom is 0.100 e. The average Bonchev–Trinajstić information content (AvgIpc) is 2.76. The van der Waals surface area contributed by atoms with Gasteiger partial charge in [0.15, 0.2) is 0 Å². The van der Waals surface area contributed by atoms with Gasteiger partial charge in [-0.2, -0.15) is 0 Å². The number of fused-ring (bicyclic) bond motifs is 1. The van der Waals surface area contributed by atoms with Crippen LogP contribution in [0.2, 0.25) is 0 Å². The second kappa shape index (κ2) is 3.63. The molecule has 0 radical (unpaired) electrons. The number of nitrogen functional groups attached to an aromatic ring is 1. The molecule has 3 heteroatoms. The monoisotopic (exact) mass is 223 g/mol. The summed E-state index contributed by atoms with van der Waals surface area (Å²) in [7, 11) is 0. The molecule has 0 aliphatic carbocycles. The Labute approximate surface area is 99.5 Å². The molecule has 0 bridgehead atoms. The van der Waals surface area contributed by atoms with Crippen LogP contribution in [0, 0.1) is 6.92 Å². The molecule has 0 atom stereocenters. The Morgan fingerprint density at radius 2 is 1.94 bits per heavy atom. The summed E-state index contributed by atoms with van der Waals surface area (Å²) in [5.41, 5.74) is 11.0. The molecular formula is C14H13N3. The predicted octanol–water partition coefficient (Wildman–Crippen LogP) is 2.92. The molecule has 0 aliphatic rings. The molecule has 0 aliphatic heterocycles. The van der Waals surface area contributed by atoms with Crippen molar-refractivity contribution in [2.75, 3.05) is 5.73 Å². The van der Waals surface area contributed by atoms with Gasteiger partial charge in [-0.05, 0) is 36.8 Å². The molecule has 3 aromatic rings. The van der Waals surface area contributed by atoms with E-state index in [0.717, 1.165) is 22.4 Å². The lowest BCUT2D eigenvalue weighted by atomic mass is 10.2. The van der Waals surface area contributed by atoms with Gasteiger partial charge in [-0.3, -0.25) is 4.57 Å². The fourth-order valence-electron chi connectivity index (χ4n) is 2.01. The third-order valence-corrected chi connectivity index (χ3v) is 2.90. The van der Waals surface area contributed by atoms with Crippen LogP contribution in [0.3, 0.4) is 0 Å². The summed E-state index contributed by atoms with van der Waals surface area (Å²) in [6, 6.07) is 14.1. The fourth-order valence-corrected chi connectivity index (χ4v) is 2.01. The second-order valence-electron chi connectivity index (χ2n) is 4.17. The molecule has 0 fully saturated rings. The zero-order chi connectivity index (χ0) is 11.8. The third kappa shape index (κ3) is 1.56. The van der Waals surface area contributed by atoms with Crippen LogP contribution in [0.15, 0.2) is 48.8 Å². The summed E-state index contributed by atoms with van der Waals surface area (Å²) < 4.78 is 2.03. The van der Waals surface area contributed by atoms with E-state index < -0.39 is 0 Å². The van der Waals surface area contributed by atoms with Crippen molar-refractivity contribution in [1.82, 2.24) is 9.55 Å². The zero-order valence-electron chi connectivity index (χ0n) is 9.59. The maximum atomic E-state index is 6.02. The highest BCUT2D eigenvalue weighted by Gasteiger charge is 2.06. The van der Waals surface area contributed by atoms with E-state index in [2.05, 4.69) is 18.0 Å². The summed E-state index contributed by atoms with van der Waals surface area (Å²) in [4.78, 5) is 4.37. The minimum Gasteiger partial charge on any atom is -0.397 e. The van der Waals surface area contributed by atoms with E-state index in [1.165, 1.54) is 5.56 Å². The lowest BCUT2D eigenvalue weighted by molar-refractivity contribution is 1.09. The first-order valence-corrected chi connectivity index (χ1v) is 5.54. The third-order valence-electron chi connectivity index (χ3n) is 2.90. The molecule has 3 nitrogen and oxygen atoms in total. The minimum absolute atomic E-state index is 0.763. The Morgan fingerprint density at radius 3 is 2.82 bits per heavy atom. The summed E-state index contributed by atoms with van der Waals surface area (Å²) in [6.07, 6.45) is 1.82. The van der Waals surface area contributed by atoms with Crippen molar-refractivity contribution in [2.45, 2.75) is 6.92 Å². The van der Waals surface area contributed by atoms with E-state index in [4.69, 9.17) is 5.73 Å². The number of aromatic nitrogens is 2. The minimum atomic E-state index is 0.763. The zero-order valence-corrected chi connectivity index (χ0v) is 9.59. The number of nitrogens with two attached hydrogens (primary N) is 1. The Balaban J connectivity index is 2.31. The molecular weight excluding hydrogens is 210 g/mol. The molecule has 2 N–H and O–H groups in total. The quantitative estimate of drug-likeness (QED) is 0.644. The van der Waals surface area contributed by atoms with Crippen molar-refractivity contribution >= 4 is 16.7 Å². The van der Waals surface area contributed by atoms with E-state index >= 15 is 0 Å². The molecule has 0 saturated heterocycles. The molecule has 0 saturated carbocycles. The van der Waals surface area contributed by atoms with E-state index in [-0.39, 0.29) is 0 Å². The normalized spacial score (nSPS) is 10.9. The summed E-state index contributed by atoms with van der Waals surface area (Å²) in [5.74, 6) is 0.